The summed E-state index contributed by atoms with van der Waals surface area (Å²) in [5.41, 5.74) is 0.747. The molecule has 0 bridgehead atoms. The molecule has 1 fully saturated rings. The van der Waals surface area contributed by atoms with E-state index in [4.69, 9.17) is 9.47 Å². The summed E-state index contributed by atoms with van der Waals surface area (Å²) in [5, 5.41) is 0. The van der Waals surface area contributed by atoms with Crippen LogP contribution in [-0.2, 0) is 16.6 Å². The van der Waals surface area contributed by atoms with E-state index in [2.05, 4.69) is 14.6 Å². The van der Waals surface area contributed by atoms with Crippen molar-refractivity contribution in [3.8, 4) is 11.5 Å². The first-order valence-electron chi connectivity index (χ1n) is 8.55. The van der Waals surface area contributed by atoms with Gasteiger partial charge in [0.25, 0.3) is 0 Å². The molecule has 0 radical (unpaired) electrons. The Morgan fingerprint density at radius 2 is 1.81 bits per heavy atom. The van der Waals surface area contributed by atoms with Gasteiger partial charge in [0.15, 0.2) is 11.5 Å². The molecule has 1 aliphatic rings. The molecule has 2 heterocycles. The van der Waals surface area contributed by atoms with E-state index in [-0.39, 0.29) is 18.0 Å². The third-order valence-electron chi connectivity index (χ3n) is 4.43. The summed E-state index contributed by atoms with van der Waals surface area (Å²) < 4.78 is 51.9. The van der Waals surface area contributed by atoms with E-state index in [1.54, 1.807) is 12.3 Å². The molecule has 0 atom stereocenters. The molecule has 146 valence electrons. The van der Waals surface area contributed by atoms with Crippen LogP contribution in [0, 0.1) is 5.82 Å². The Morgan fingerprint density at radius 3 is 2.48 bits per heavy atom. The number of halogens is 1. The lowest BCUT2D eigenvalue weighted by molar-refractivity contribution is 0.350. The standard InChI is InChI=1S/C18H22FN3O4S/c1-25-15-10-14(19)17(11-16(15)26-2)27(23,24)21-12-13-5-6-20-18(9-13)22-7-3-4-8-22/h5-6,9-11,21H,3-4,7-8,12H2,1-2H3. The van der Waals surface area contributed by atoms with Crippen molar-refractivity contribution in [3.05, 3.63) is 41.8 Å². The number of rotatable bonds is 7. The quantitative estimate of drug-likeness (QED) is 0.775. The van der Waals surface area contributed by atoms with Gasteiger partial charge in [0.05, 0.1) is 14.2 Å². The number of nitrogens with one attached hydrogen (secondary N) is 1. The van der Waals surface area contributed by atoms with Crippen LogP contribution in [0.5, 0.6) is 11.5 Å². The highest BCUT2D eigenvalue weighted by Crippen LogP contribution is 2.31. The molecular weight excluding hydrogens is 373 g/mol. The zero-order chi connectivity index (χ0) is 19.4. The third kappa shape index (κ3) is 4.30. The molecule has 7 nitrogen and oxygen atoms in total. The predicted molar refractivity (Wildman–Crippen MR) is 99.2 cm³/mol. The van der Waals surface area contributed by atoms with E-state index < -0.39 is 20.7 Å². The Morgan fingerprint density at radius 1 is 1.15 bits per heavy atom. The number of methoxy groups -OCH3 is 2. The van der Waals surface area contributed by atoms with Crippen LogP contribution in [0.3, 0.4) is 0 Å². The number of sulfonamides is 1. The number of hydrogen-bond acceptors (Lipinski definition) is 6. The van der Waals surface area contributed by atoms with E-state index in [0.717, 1.165) is 49.4 Å². The number of nitrogens with zero attached hydrogens (tertiary/aromatic N) is 2. The second kappa shape index (κ2) is 8.10. The molecule has 1 aliphatic heterocycles. The van der Waals surface area contributed by atoms with Crippen molar-refractivity contribution in [1.29, 1.82) is 0 Å². The summed E-state index contributed by atoms with van der Waals surface area (Å²) in [7, 11) is -1.36. The summed E-state index contributed by atoms with van der Waals surface area (Å²) in [5.74, 6) is 0.173. The molecular formula is C18H22FN3O4S. The van der Waals surface area contributed by atoms with Crippen LogP contribution in [0.4, 0.5) is 10.2 Å². The number of ether oxygens (including phenoxy) is 2. The SMILES string of the molecule is COc1cc(F)c(S(=O)(=O)NCc2ccnc(N3CCCC3)c2)cc1OC. The monoisotopic (exact) mass is 395 g/mol. The van der Waals surface area contributed by atoms with E-state index >= 15 is 0 Å². The molecule has 1 saturated heterocycles. The van der Waals surface area contributed by atoms with Gasteiger partial charge in [-0.3, -0.25) is 0 Å². The zero-order valence-corrected chi connectivity index (χ0v) is 16.1. The van der Waals surface area contributed by atoms with Crippen LogP contribution in [0.15, 0.2) is 35.4 Å². The highest BCUT2D eigenvalue weighted by Gasteiger charge is 2.23. The van der Waals surface area contributed by atoms with E-state index in [1.165, 1.54) is 14.2 Å². The topological polar surface area (TPSA) is 80.8 Å². The molecule has 2 aromatic rings. The Hall–Kier alpha value is -2.39. The molecule has 3 rings (SSSR count). The smallest absolute Gasteiger partial charge is 0.243 e. The minimum Gasteiger partial charge on any atom is -0.493 e. The summed E-state index contributed by atoms with van der Waals surface area (Å²) in [6.45, 7) is 1.91. The Labute approximate surface area is 158 Å². The molecule has 0 unspecified atom stereocenters. The first-order chi connectivity index (χ1) is 12.9. The summed E-state index contributed by atoms with van der Waals surface area (Å²) in [4.78, 5) is 6.01. The lowest BCUT2D eigenvalue weighted by Crippen LogP contribution is -2.25. The van der Waals surface area contributed by atoms with Gasteiger partial charge in [-0.25, -0.2) is 22.5 Å². The largest absolute Gasteiger partial charge is 0.493 e. The fourth-order valence-electron chi connectivity index (χ4n) is 2.99. The maximum atomic E-state index is 14.3. The lowest BCUT2D eigenvalue weighted by atomic mass is 10.2. The molecule has 1 aromatic carbocycles. The Balaban J connectivity index is 1.78. The second-order valence-corrected chi connectivity index (χ2v) is 7.91. The number of aromatic nitrogens is 1. The highest BCUT2D eigenvalue weighted by molar-refractivity contribution is 7.89. The summed E-state index contributed by atoms with van der Waals surface area (Å²) in [6, 6.07) is 5.68. The third-order valence-corrected chi connectivity index (χ3v) is 5.85. The van der Waals surface area contributed by atoms with Gasteiger partial charge in [-0.1, -0.05) is 0 Å². The van der Waals surface area contributed by atoms with Crippen LogP contribution >= 0.6 is 0 Å². The maximum absolute atomic E-state index is 14.3. The fraction of sp³-hybridized carbons (Fsp3) is 0.389. The average molecular weight is 395 g/mol. The molecule has 1 aromatic heterocycles. The molecule has 0 aliphatic carbocycles. The van der Waals surface area contributed by atoms with Crippen molar-refractivity contribution >= 4 is 15.8 Å². The molecule has 9 heteroatoms. The van der Waals surface area contributed by atoms with Crippen LogP contribution in [0.1, 0.15) is 18.4 Å². The highest BCUT2D eigenvalue weighted by atomic mass is 32.2. The summed E-state index contributed by atoms with van der Waals surface area (Å²) >= 11 is 0. The van der Waals surface area contributed by atoms with Crippen molar-refractivity contribution in [2.75, 3.05) is 32.2 Å². The van der Waals surface area contributed by atoms with Crippen LogP contribution in [0.25, 0.3) is 0 Å². The van der Waals surface area contributed by atoms with Gasteiger partial charge in [-0.15, -0.1) is 0 Å². The molecule has 1 N–H and O–H groups in total. The van der Waals surface area contributed by atoms with Crippen molar-refractivity contribution < 1.29 is 22.3 Å². The van der Waals surface area contributed by atoms with Crippen LogP contribution < -0.4 is 19.1 Å². The maximum Gasteiger partial charge on any atom is 0.243 e. The van der Waals surface area contributed by atoms with Crippen LogP contribution in [0.2, 0.25) is 0 Å². The fourth-order valence-corrected chi connectivity index (χ4v) is 4.08. The van der Waals surface area contributed by atoms with Crippen LogP contribution in [-0.4, -0.2) is 40.7 Å². The molecule has 0 amide bonds. The van der Waals surface area contributed by atoms with Gasteiger partial charge in [0.1, 0.15) is 16.5 Å². The molecule has 0 saturated carbocycles. The molecule has 27 heavy (non-hydrogen) atoms. The number of hydrogen-bond donors (Lipinski definition) is 1. The summed E-state index contributed by atoms with van der Waals surface area (Å²) in [6.07, 6.45) is 3.89. The Bertz CT molecular complexity index is 915. The van der Waals surface area contributed by atoms with Gasteiger partial charge >= 0.3 is 0 Å². The predicted octanol–water partition coefficient (Wildman–Crippen LogP) is 2.32. The van der Waals surface area contributed by atoms with Crippen molar-refractivity contribution in [2.45, 2.75) is 24.3 Å². The van der Waals surface area contributed by atoms with Crippen molar-refractivity contribution in [1.82, 2.24) is 9.71 Å². The minimum absolute atomic E-state index is 0.0273. The normalized spacial score (nSPS) is 14.4. The second-order valence-electron chi connectivity index (χ2n) is 6.18. The van der Waals surface area contributed by atoms with Gasteiger partial charge in [-0.05, 0) is 30.5 Å². The van der Waals surface area contributed by atoms with Gasteiger partial charge in [-0.2, -0.15) is 0 Å². The van der Waals surface area contributed by atoms with Gasteiger partial charge < -0.3 is 14.4 Å². The zero-order valence-electron chi connectivity index (χ0n) is 15.2. The van der Waals surface area contributed by atoms with E-state index in [0.29, 0.717) is 0 Å². The van der Waals surface area contributed by atoms with Crippen molar-refractivity contribution in [3.63, 3.8) is 0 Å². The minimum atomic E-state index is -4.07. The Kier molecular flexibility index (Phi) is 5.81. The van der Waals surface area contributed by atoms with Gasteiger partial charge in [0, 0.05) is 38.0 Å². The molecule has 0 spiro atoms. The lowest BCUT2D eigenvalue weighted by Gasteiger charge is -2.17. The first-order valence-corrected chi connectivity index (χ1v) is 10.0. The number of anilines is 1. The number of pyridine rings is 1. The number of benzene rings is 1. The van der Waals surface area contributed by atoms with Gasteiger partial charge in [0.2, 0.25) is 10.0 Å². The average Bonchev–Trinajstić information content (AvgIpc) is 3.21. The van der Waals surface area contributed by atoms with Crippen molar-refractivity contribution in [2.24, 2.45) is 0 Å². The first kappa shape index (κ1) is 19.4. The van der Waals surface area contributed by atoms with E-state index in [1.807, 2.05) is 6.07 Å². The van der Waals surface area contributed by atoms with E-state index in [9.17, 15) is 12.8 Å².